The molecule has 0 radical (unpaired) electrons. The zero-order valence-electron chi connectivity index (χ0n) is 12.5. The molecule has 110 valence electrons. The van der Waals surface area contributed by atoms with Crippen LogP contribution in [0.25, 0.3) is 0 Å². The lowest BCUT2D eigenvalue weighted by Crippen LogP contribution is -2.26. The summed E-state index contributed by atoms with van der Waals surface area (Å²) in [5.41, 5.74) is 2.76. The fourth-order valence-electron chi connectivity index (χ4n) is 3.80. The van der Waals surface area contributed by atoms with E-state index in [1.807, 2.05) is 0 Å². The van der Waals surface area contributed by atoms with Crippen molar-refractivity contribution in [3.8, 4) is 0 Å². The monoisotopic (exact) mass is 291 g/mol. The second kappa shape index (κ2) is 6.49. The molecule has 1 saturated carbocycles. The van der Waals surface area contributed by atoms with Gasteiger partial charge in [-0.05, 0) is 61.3 Å². The van der Waals surface area contributed by atoms with Crippen LogP contribution in [0.15, 0.2) is 18.2 Å². The zero-order valence-corrected chi connectivity index (χ0v) is 13.3. The van der Waals surface area contributed by atoms with E-state index in [4.69, 9.17) is 11.6 Å². The van der Waals surface area contributed by atoms with Crippen LogP contribution in [0, 0.1) is 5.92 Å². The minimum Gasteiger partial charge on any atom is -0.310 e. The van der Waals surface area contributed by atoms with E-state index in [2.05, 4.69) is 30.4 Å². The standard InChI is InChI=1S/C18H26ClN/c1-13-5-7-14(8-6-13)16-10-9-15(12-17(16)19)18-4-2-3-11-20-18/h9-10,12-14,18,20H,2-8,11H2,1H3. The molecule has 1 aliphatic heterocycles. The molecule has 2 fully saturated rings. The molecular weight excluding hydrogens is 266 g/mol. The first-order chi connectivity index (χ1) is 9.74. The highest BCUT2D eigenvalue weighted by molar-refractivity contribution is 6.31. The van der Waals surface area contributed by atoms with Crippen LogP contribution in [0.2, 0.25) is 5.02 Å². The van der Waals surface area contributed by atoms with E-state index in [0.717, 1.165) is 17.5 Å². The van der Waals surface area contributed by atoms with Crippen molar-refractivity contribution < 1.29 is 0 Å². The van der Waals surface area contributed by atoms with Gasteiger partial charge in [0.25, 0.3) is 0 Å². The molecule has 0 aromatic heterocycles. The quantitative estimate of drug-likeness (QED) is 0.764. The number of hydrogen-bond donors (Lipinski definition) is 1. The molecule has 2 heteroatoms. The number of piperidine rings is 1. The molecule has 0 spiro atoms. The zero-order chi connectivity index (χ0) is 13.9. The summed E-state index contributed by atoms with van der Waals surface area (Å²) >= 11 is 6.59. The van der Waals surface area contributed by atoms with E-state index in [-0.39, 0.29) is 0 Å². The second-order valence-corrected chi connectivity index (χ2v) is 7.15. The van der Waals surface area contributed by atoms with Crippen LogP contribution in [-0.2, 0) is 0 Å². The first-order valence-electron chi connectivity index (χ1n) is 8.27. The Morgan fingerprint density at radius 1 is 1.05 bits per heavy atom. The Labute approximate surface area is 128 Å². The molecule has 0 bridgehead atoms. The van der Waals surface area contributed by atoms with Crippen LogP contribution in [0.5, 0.6) is 0 Å². The highest BCUT2D eigenvalue weighted by atomic mass is 35.5. The van der Waals surface area contributed by atoms with Crippen LogP contribution >= 0.6 is 11.6 Å². The lowest BCUT2D eigenvalue weighted by atomic mass is 9.79. The summed E-state index contributed by atoms with van der Waals surface area (Å²) in [7, 11) is 0. The Balaban J connectivity index is 1.73. The van der Waals surface area contributed by atoms with Crippen molar-refractivity contribution in [3.05, 3.63) is 34.3 Å². The molecule has 1 aromatic rings. The van der Waals surface area contributed by atoms with Crippen molar-refractivity contribution >= 4 is 11.6 Å². The smallest absolute Gasteiger partial charge is 0.0444 e. The average molecular weight is 292 g/mol. The van der Waals surface area contributed by atoms with Gasteiger partial charge in [-0.15, -0.1) is 0 Å². The average Bonchev–Trinajstić information content (AvgIpc) is 2.49. The van der Waals surface area contributed by atoms with Gasteiger partial charge in [-0.3, -0.25) is 0 Å². The molecule has 2 aliphatic rings. The van der Waals surface area contributed by atoms with Gasteiger partial charge in [-0.25, -0.2) is 0 Å². The maximum Gasteiger partial charge on any atom is 0.0444 e. The second-order valence-electron chi connectivity index (χ2n) is 6.74. The number of benzene rings is 1. The molecule has 1 aromatic carbocycles. The molecule has 1 aliphatic carbocycles. The summed E-state index contributed by atoms with van der Waals surface area (Å²) in [6, 6.07) is 7.34. The van der Waals surface area contributed by atoms with Crippen LogP contribution in [-0.4, -0.2) is 6.54 Å². The van der Waals surface area contributed by atoms with E-state index in [0.29, 0.717) is 12.0 Å². The fraction of sp³-hybridized carbons (Fsp3) is 0.667. The lowest BCUT2D eigenvalue weighted by Gasteiger charge is -2.28. The van der Waals surface area contributed by atoms with Crippen molar-refractivity contribution in [1.82, 2.24) is 5.32 Å². The highest BCUT2D eigenvalue weighted by Crippen LogP contribution is 2.39. The molecular formula is C18H26ClN. The van der Waals surface area contributed by atoms with Crippen molar-refractivity contribution in [2.24, 2.45) is 5.92 Å². The van der Waals surface area contributed by atoms with E-state index >= 15 is 0 Å². The molecule has 1 saturated heterocycles. The SMILES string of the molecule is CC1CCC(c2ccc(C3CCCCN3)cc2Cl)CC1. The van der Waals surface area contributed by atoms with Gasteiger partial charge in [-0.2, -0.15) is 0 Å². The minimum absolute atomic E-state index is 0.515. The molecule has 1 N–H and O–H groups in total. The van der Waals surface area contributed by atoms with Crippen molar-refractivity contribution in [2.45, 2.75) is 63.8 Å². The minimum atomic E-state index is 0.515. The van der Waals surface area contributed by atoms with Crippen LogP contribution < -0.4 is 5.32 Å². The maximum atomic E-state index is 6.59. The van der Waals surface area contributed by atoms with Crippen molar-refractivity contribution in [2.75, 3.05) is 6.54 Å². The summed E-state index contributed by atoms with van der Waals surface area (Å²) in [6.45, 7) is 3.51. The third kappa shape index (κ3) is 3.20. The topological polar surface area (TPSA) is 12.0 Å². The maximum absolute atomic E-state index is 6.59. The van der Waals surface area contributed by atoms with E-state index < -0.39 is 0 Å². The summed E-state index contributed by atoms with van der Waals surface area (Å²) in [5.74, 6) is 1.59. The molecule has 0 amide bonds. The molecule has 1 heterocycles. The third-order valence-electron chi connectivity index (χ3n) is 5.19. The van der Waals surface area contributed by atoms with Gasteiger partial charge in [-0.1, -0.05) is 49.9 Å². The Morgan fingerprint density at radius 2 is 1.85 bits per heavy atom. The third-order valence-corrected chi connectivity index (χ3v) is 5.52. The van der Waals surface area contributed by atoms with Gasteiger partial charge in [0.2, 0.25) is 0 Å². The van der Waals surface area contributed by atoms with Crippen LogP contribution in [0.3, 0.4) is 0 Å². The highest BCUT2D eigenvalue weighted by Gasteiger charge is 2.22. The fourth-order valence-corrected chi connectivity index (χ4v) is 4.14. The van der Waals surface area contributed by atoms with Gasteiger partial charge in [0.1, 0.15) is 0 Å². The largest absolute Gasteiger partial charge is 0.310 e. The van der Waals surface area contributed by atoms with Gasteiger partial charge in [0, 0.05) is 11.1 Å². The van der Waals surface area contributed by atoms with Crippen LogP contribution in [0.1, 0.15) is 75.0 Å². The van der Waals surface area contributed by atoms with Gasteiger partial charge in [0.05, 0.1) is 0 Å². The number of halogens is 1. The van der Waals surface area contributed by atoms with E-state index in [1.165, 1.54) is 56.1 Å². The Hall–Kier alpha value is -0.530. The number of hydrogen-bond acceptors (Lipinski definition) is 1. The first-order valence-corrected chi connectivity index (χ1v) is 8.64. The summed E-state index contributed by atoms with van der Waals surface area (Å²) in [5, 5.41) is 4.60. The van der Waals surface area contributed by atoms with Crippen molar-refractivity contribution in [3.63, 3.8) is 0 Å². The van der Waals surface area contributed by atoms with Gasteiger partial charge < -0.3 is 5.32 Å². The predicted molar refractivity (Wildman–Crippen MR) is 86.4 cm³/mol. The normalized spacial score (nSPS) is 31.2. The molecule has 1 unspecified atom stereocenters. The number of nitrogens with one attached hydrogen (secondary N) is 1. The summed E-state index contributed by atoms with van der Waals surface area (Å²) < 4.78 is 0. The van der Waals surface area contributed by atoms with Gasteiger partial charge in [0.15, 0.2) is 0 Å². The van der Waals surface area contributed by atoms with Gasteiger partial charge >= 0.3 is 0 Å². The lowest BCUT2D eigenvalue weighted by molar-refractivity contribution is 0.348. The summed E-state index contributed by atoms with van der Waals surface area (Å²) in [4.78, 5) is 0. The molecule has 1 nitrogen and oxygen atoms in total. The molecule has 20 heavy (non-hydrogen) atoms. The molecule has 3 rings (SSSR count). The Bertz CT molecular complexity index is 443. The molecule has 1 atom stereocenters. The Morgan fingerprint density at radius 3 is 2.50 bits per heavy atom. The predicted octanol–water partition coefficient (Wildman–Crippen LogP) is 5.45. The first kappa shape index (κ1) is 14.4. The van der Waals surface area contributed by atoms with Crippen LogP contribution in [0.4, 0.5) is 0 Å². The Kier molecular flexibility index (Phi) is 4.68. The number of rotatable bonds is 2. The summed E-state index contributed by atoms with van der Waals surface area (Å²) in [6.07, 6.45) is 9.21. The van der Waals surface area contributed by atoms with Crippen molar-refractivity contribution in [1.29, 1.82) is 0 Å². The van der Waals surface area contributed by atoms with E-state index in [1.54, 1.807) is 0 Å². The van der Waals surface area contributed by atoms with E-state index in [9.17, 15) is 0 Å².